The molecule has 2 amide bonds. The number of aromatic nitrogens is 2. The second-order valence-corrected chi connectivity index (χ2v) is 5.51. The number of hydrogen-bond donors (Lipinski definition) is 4. The van der Waals surface area contributed by atoms with Crippen molar-refractivity contribution in [2.75, 3.05) is 42.2 Å². The van der Waals surface area contributed by atoms with Gasteiger partial charge in [0.25, 0.3) is 0 Å². The van der Waals surface area contributed by atoms with Crippen molar-refractivity contribution in [1.29, 1.82) is 0 Å². The molecule has 1 aromatic heterocycles. The molecule has 0 fully saturated rings. The number of urea groups is 1. The Morgan fingerprint density at radius 3 is 2.54 bits per heavy atom. The normalized spacial score (nSPS) is 10.1. The maximum Gasteiger partial charge on any atom is 0.319 e. The summed E-state index contributed by atoms with van der Waals surface area (Å²) >= 11 is 0. The number of nitrogens with one attached hydrogen (secondary N) is 4. The minimum Gasteiger partial charge on any atom is -0.494 e. The number of carbonyl (C=O) groups excluding carboxylic acids is 1. The van der Waals surface area contributed by atoms with E-state index < -0.39 is 0 Å². The quantitative estimate of drug-likeness (QED) is 0.514. The van der Waals surface area contributed by atoms with Gasteiger partial charge in [-0.25, -0.2) is 9.78 Å². The molecule has 0 atom stereocenters. The zero-order chi connectivity index (χ0) is 18.8. The number of anilines is 3. The Morgan fingerprint density at radius 2 is 1.85 bits per heavy atom. The summed E-state index contributed by atoms with van der Waals surface area (Å²) in [6, 6.07) is 8.85. The molecule has 8 heteroatoms. The minimum atomic E-state index is -0.269. The van der Waals surface area contributed by atoms with Crippen molar-refractivity contribution in [1.82, 2.24) is 15.3 Å². The molecular formula is C18H26N6O2. The molecule has 0 aliphatic carbocycles. The summed E-state index contributed by atoms with van der Waals surface area (Å²) in [7, 11) is 0. The van der Waals surface area contributed by atoms with Crippen molar-refractivity contribution in [3.63, 3.8) is 0 Å². The van der Waals surface area contributed by atoms with E-state index in [4.69, 9.17) is 4.74 Å². The molecule has 2 aromatic rings. The fourth-order valence-corrected chi connectivity index (χ4v) is 2.25. The number of benzene rings is 1. The number of ether oxygens (including phenoxy) is 1. The maximum atomic E-state index is 11.9. The van der Waals surface area contributed by atoms with Gasteiger partial charge in [-0.15, -0.1) is 0 Å². The number of carbonyl (C=O) groups is 1. The van der Waals surface area contributed by atoms with Gasteiger partial charge in [0.1, 0.15) is 11.6 Å². The van der Waals surface area contributed by atoms with Crippen molar-refractivity contribution < 1.29 is 9.53 Å². The van der Waals surface area contributed by atoms with Crippen LogP contribution in [0.5, 0.6) is 5.75 Å². The van der Waals surface area contributed by atoms with Crippen LogP contribution in [0.3, 0.4) is 0 Å². The molecule has 4 N–H and O–H groups in total. The van der Waals surface area contributed by atoms with E-state index in [0.717, 1.165) is 23.8 Å². The van der Waals surface area contributed by atoms with E-state index in [1.54, 1.807) is 12.1 Å². The Labute approximate surface area is 153 Å². The summed E-state index contributed by atoms with van der Waals surface area (Å²) in [5, 5.41) is 11.8. The SMILES string of the molecule is CCNc1cc(C)nc(NCCNC(=O)Nc2ccc(OCC)cc2)n1. The molecule has 26 heavy (non-hydrogen) atoms. The molecule has 0 saturated carbocycles. The lowest BCUT2D eigenvalue weighted by Crippen LogP contribution is -2.32. The third kappa shape index (κ3) is 6.46. The Bertz CT molecular complexity index is 705. The second-order valence-electron chi connectivity index (χ2n) is 5.51. The minimum absolute atomic E-state index is 0.269. The van der Waals surface area contributed by atoms with Crippen LogP contribution in [0.2, 0.25) is 0 Å². The number of rotatable bonds is 9. The van der Waals surface area contributed by atoms with Crippen LogP contribution in [0.1, 0.15) is 19.5 Å². The third-order valence-corrected chi connectivity index (χ3v) is 3.33. The standard InChI is InChI=1S/C18H26N6O2/c1-4-19-16-12-13(3)22-17(24-16)20-10-11-21-18(25)23-14-6-8-15(9-7-14)26-5-2/h6-9,12H,4-5,10-11H2,1-3H3,(H2,21,23,25)(H2,19,20,22,24). The average molecular weight is 358 g/mol. The molecule has 0 spiro atoms. The van der Waals surface area contributed by atoms with Gasteiger partial charge in [-0.1, -0.05) is 0 Å². The molecule has 1 heterocycles. The van der Waals surface area contributed by atoms with E-state index in [-0.39, 0.29) is 6.03 Å². The Morgan fingerprint density at radius 1 is 1.08 bits per heavy atom. The highest BCUT2D eigenvalue weighted by molar-refractivity contribution is 5.89. The highest BCUT2D eigenvalue weighted by Gasteiger charge is 2.03. The van der Waals surface area contributed by atoms with E-state index in [1.165, 1.54) is 0 Å². The molecule has 0 radical (unpaired) electrons. The summed E-state index contributed by atoms with van der Waals surface area (Å²) in [4.78, 5) is 20.6. The Balaban J connectivity index is 1.73. The zero-order valence-corrected chi connectivity index (χ0v) is 15.4. The molecule has 140 valence electrons. The Hall–Kier alpha value is -3.03. The molecule has 0 saturated heterocycles. The van der Waals surface area contributed by atoms with Crippen LogP contribution in [-0.2, 0) is 0 Å². The van der Waals surface area contributed by atoms with E-state index in [2.05, 4.69) is 31.2 Å². The van der Waals surface area contributed by atoms with Crippen LogP contribution < -0.4 is 26.0 Å². The van der Waals surface area contributed by atoms with E-state index in [1.807, 2.05) is 39.0 Å². The monoisotopic (exact) mass is 358 g/mol. The number of amides is 2. The molecule has 0 unspecified atom stereocenters. The van der Waals surface area contributed by atoms with Crippen molar-refractivity contribution in [3.8, 4) is 5.75 Å². The van der Waals surface area contributed by atoms with Crippen LogP contribution in [-0.4, -0.2) is 42.2 Å². The number of hydrogen-bond acceptors (Lipinski definition) is 6. The molecule has 0 bridgehead atoms. The predicted octanol–water partition coefficient (Wildman–Crippen LogP) is 2.85. The van der Waals surface area contributed by atoms with Crippen LogP contribution in [0.15, 0.2) is 30.3 Å². The summed E-state index contributed by atoms with van der Waals surface area (Å²) in [6.45, 7) is 8.22. The van der Waals surface area contributed by atoms with Gasteiger partial charge in [0.2, 0.25) is 5.95 Å². The smallest absolute Gasteiger partial charge is 0.319 e. The first-order valence-corrected chi connectivity index (χ1v) is 8.71. The number of nitrogens with zero attached hydrogens (tertiary/aromatic N) is 2. The van der Waals surface area contributed by atoms with Gasteiger partial charge in [-0.2, -0.15) is 4.98 Å². The van der Waals surface area contributed by atoms with E-state index in [9.17, 15) is 4.79 Å². The van der Waals surface area contributed by atoms with Crippen molar-refractivity contribution in [2.24, 2.45) is 0 Å². The molecule has 0 aliphatic rings. The lowest BCUT2D eigenvalue weighted by Gasteiger charge is -2.10. The van der Waals surface area contributed by atoms with Crippen molar-refractivity contribution >= 4 is 23.5 Å². The van der Waals surface area contributed by atoms with Crippen LogP contribution in [0.25, 0.3) is 0 Å². The largest absolute Gasteiger partial charge is 0.494 e. The summed E-state index contributed by atoms with van der Waals surface area (Å²) in [6.07, 6.45) is 0. The first kappa shape index (κ1) is 19.3. The lowest BCUT2D eigenvalue weighted by atomic mass is 10.3. The molecular weight excluding hydrogens is 332 g/mol. The highest BCUT2D eigenvalue weighted by atomic mass is 16.5. The molecule has 1 aromatic carbocycles. The molecule has 2 rings (SSSR count). The second kappa shape index (κ2) is 10.1. The Kier molecular flexibility index (Phi) is 7.48. The lowest BCUT2D eigenvalue weighted by molar-refractivity contribution is 0.252. The fraction of sp³-hybridized carbons (Fsp3) is 0.389. The molecule has 0 aliphatic heterocycles. The summed E-state index contributed by atoms with van der Waals surface area (Å²) in [5.41, 5.74) is 1.58. The fourth-order valence-electron chi connectivity index (χ4n) is 2.25. The summed E-state index contributed by atoms with van der Waals surface area (Å²) in [5.74, 6) is 2.09. The van der Waals surface area contributed by atoms with Crippen molar-refractivity contribution in [2.45, 2.75) is 20.8 Å². The van der Waals surface area contributed by atoms with E-state index >= 15 is 0 Å². The van der Waals surface area contributed by atoms with Gasteiger partial charge in [0, 0.05) is 37.1 Å². The zero-order valence-electron chi connectivity index (χ0n) is 15.4. The number of aryl methyl sites for hydroxylation is 1. The first-order chi connectivity index (χ1) is 12.6. The van der Waals surface area contributed by atoms with Gasteiger partial charge in [0.15, 0.2) is 0 Å². The third-order valence-electron chi connectivity index (χ3n) is 3.33. The average Bonchev–Trinajstić information content (AvgIpc) is 2.61. The van der Waals surface area contributed by atoms with E-state index in [0.29, 0.717) is 31.3 Å². The van der Waals surface area contributed by atoms with Gasteiger partial charge in [-0.3, -0.25) is 0 Å². The van der Waals surface area contributed by atoms with Gasteiger partial charge >= 0.3 is 6.03 Å². The van der Waals surface area contributed by atoms with Gasteiger partial charge < -0.3 is 26.0 Å². The highest BCUT2D eigenvalue weighted by Crippen LogP contribution is 2.15. The summed E-state index contributed by atoms with van der Waals surface area (Å²) < 4.78 is 5.37. The predicted molar refractivity (Wildman–Crippen MR) is 104 cm³/mol. The maximum absolute atomic E-state index is 11.9. The van der Waals surface area contributed by atoms with Crippen molar-refractivity contribution in [3.05, 3.63) is 36.0 Å². The van der Waals surface area contributed by atoms with Crippen LogP contribution >= 0.6 is 0 Å². The van der Waals surface area contributed by atoms with Gasteiger partial charge in [-0.05, 0) is 45.0 Å². The van der Waals surface area contributed by atoms with Crippen LogP contribution in [0, 0.1) is 6.92 Å². The first-order valence-electron chi connectivity index (χ1n) is 8.71. The molecule has 8 nitrogen and oxygen atoms in total. The topological polar surface area (TPSA) is 100 Å². The van der Waals surface area contributed by atoms with Gasteiger partial charge in [0.05, 0.1) is 6.61 Å². The van der Waals surface area contributed by atoms with Crippen LogP contribution in [0.4, 0.5) is 22.2 Å².